The van der Waals surface area contributed by atoms with Gasteiger partial charge in [0.15, 0.2) is 5.83 Å². The first-order valence-electron chi connectivity index (χ1n) is 3.66. The Balaban J connectivity index is 4.26. The van der Waals surface area contributed by atoms with Crippen LogP contribution in [0.2, 0.25) is 0 Å². The summed E-state index contributed by atoms with van der Waals surface area (Å²) in [5, 5.41) is 0. The van der Waals surface area contributed by atoms with Crippen molar-refractivity contribution < 1.29 is 9.18 Å². The van der Waals surface area contributed by atoms with Gasteiger partial charge in [0.1, 0.15) is 0 Å². The largest absolute Gasteiger partial charge is 0.335 e. The average molecular weight is 159 g/mol. The van der Waals surface area contributed by atoms with Crippen LogP contribution in [0.5, 0.6) is 0 Å². The summed E-state index contributed by atoms with van der Waals surface area (Å²) in [6, 6.07) is 0.0278. The molecule has 0 saturated heterocycles. The molecule has 0 aliphatic carbocycles. The number of nitrogens with zero attached hydrogens (tertiary/aromatic N) is 1. The highest BCUT2D eigenvalue weighted by molar-refractivity contribution is 5.90. The molecule has 0 saturated carbocycles. The van der Waals surface area contributed by atoms with Gasteiger partial charge in [-0.25, -0.2) is 4.39 Å². The molecule has 0 unspecified atom stereocenters. The van der Waals surface area contributed by atoms with Gasteiger partial charge in [-0.1, -0.05) is 6.58 Å². The standard InChI is InChI=1S/C8H14FNO/c1-5-10(6(2)3)8(11)7(4)9/h6H,4-5H2,1-3H3. The van der Waals surface area contributed by atoms with E-state index in [2.05, 4.69) is 6.58 Å². The topological polar surface area (TPSA) is 20.3 Å². The summed E-state index contributed by atoms with van der Waals surface area (Å²) < 4.78 is 12.3. The van der Waals surface area contributed by atoms with Crippen LogP contribution in [0.4, 0.5) is 4.39 Å². The highest BCUT2D eigenvalue weighted by Crippen LogP contribution is 2.04. The molecule has 0 bridgehead atoms. The summed E-state index contributed by atoms with van der Waals surface area (Å²) >= 11 is 0. The van der Waals surface area contributed by atoms with Crippen LogP contribution < -0.4 is 0 Å². The SMILES string of the molecule is C=C(F)C(=O)N(CC)C(C)C. The number of likely N-dealkylation sites (N-methyl/N-ethyl adjacent to an activating group) is 1. The van der Waals surface area contributed by atoms with Crippen molar-refractivity contribution in [1.82, 2.24) is 4.90 Å². The average Bonchev–Trinajstić information content (AvgIpc) is 1.88. The molecule has 0 aliphatic heterocycles. The zero-order chi connectivity index (χ0) is 9.02. The van der Waals surface area contributed by atoms with E-state index in [9.17, 15) is 9.18 Å². The molecule has 0 N–H and O–H groups in total. The predicted molar refractivity (Wildman–Crippen MR) is 42.8 cm³/mol. The van der Waals surface area contributed by atoms with Gasteiger partial charge in [-0.15, -0.1) is 0 Å². The maximum atomic E-state index is 12.3. The Bertz CT molecular complexity index is 165. The van der Waals surface area contributed by atoms with E-state index in [1.807, 2.05) is 13.8 Å². The lowest BCUT2D eigenvalue weighted by Crippen LogP contribution is -2.36. The summed E-state index contributed by atoms with van der Waals surface area (Å²) in [4.78, 5) is 12.4. The first-order valence-corrected chi connectivity index (χ1v) is 3.66. The molecule has 0 rings (SSSR count). The molecule has 3 heteroatoms. The van der Waals surface area contributed by atoms with Crippen LogP contribution in [0, 0.1) is 0 Å². The number of hydrogen-bond donors (Lipinski definition) is 0. The maximum absolute atomic E-state index is 12.3. The van der Waals surface area contributed by atoms with Gasteiger partial charge in [-0.3, -0.25) is 4.79 Å². The van der Waals surface area contributed by atoms with Crippen LogP contribution in [0.3, 0.4) is 0 Å². The van der Waals surface area contributed by atoms with E-state index < -0.39 is 11.7 Å². The Morgan fingerprint density at radius 3 is 2.18 bits per heavy atom. The number of carbonyl (C=O) groups excluding carboxylic acids is 1. The van der Waals surface area contributed by atoms with Gasteiger partial charge in [0.05, 0.1) is 0 Å². The van der Waals surface area contributed by atoms with E-state index in [4.69, 9.17) is 0 Å². The third-order valence-corrected chi connectivity index (χ3v) is 1.46. The highest BCUT2D eigenvalue weighted by Gasteiger charge is 2.17. The number of halogens is 1. The minimum absolute atomic E-state index is 0.0278. The Morgan fingerprint density at radius 2 is 2.09 bits per heavy atom. The van der Waals surface area contributed by atoms with Gasteiger partial charge in [-0.2, -0.15) is 0 Å². The Hall–Kier alpha value is -0.860. The molecule has 0 fully saturated rings. The second-order valence-electron chi connectivity index (χ2n) is 2.59. The van der Waals surface area contributed by atoms with Crippen LogP contribution >= 0.6 is 0 Å². The zero-order valence-electron chi connectivity index (χ0n) is 7.22. The molecular formula is C8H14FNO. The van der Waals surface area contributed by atoms with Crippen molar-refractivity contribution in [3.63, 3.8) is 0 Å². The molecule has 1 amide bonds. The first-order chi connectivity index (χ1) is 5.00. The van der Waals surface area contributed by atoms with Crippen LogP contribution in [0.15, 0.2) is 12.4 Å². The minimum Gasteiger partial charge on any atom is -0.335 e. The van der Waals surface area contributed by atoms with E-state index in [1.165, 1.54) is 4.90 Å². The van der Waals surface area contributed by atoms with E-state index >= 15 is 0 Å². The van der Waals surface area contributed by atoms with E-state index in [0.717, 1.165) is 0 Å². The zero-order valence-corrected chi connectivity index (χ0v) is 7.22. The van der Waals surface area contributed by atoms with E-state index in [0.29, 0.717) is 6.54 Å². The second-order valence-corrected chi connectivity index (χ2v) is 2.59. The number of rotatable bonds is 3. The van der Waals surface area contributed by atoms with Gasteiger partial charge in [0.2, 0.25) is 0 Å². The van der Waals surface area contributed by atoms with Crippen molar-refractivity contribution in [2.45, 2.75) is 26.8 Å². The van der Waals surface area contributed by atoms with E-state index in [1.54, 1.807) is 6.92 Å². The van der Waals surface area contributed by atoms with Gasteiger partial charge in [0, 0.05) is 12.6 Å². The molecule has 0 atom stereocenters. The smallest absolute Gasteiger partial charge is 0.282 e. The van der Waals surface area contributed by atoms with Gasteiger partial charge in [0.25, 0.3) is 5.91 Å². The lowest BCUT2D eigenvalue weighted by Gasteiger charge is -2.23. The van der Waals surface area contributed by atoms with Gasteiger partial charge >= 0.3 is 0 Å². The van der Waals surface area contributed by atoms with Crippen molar-refractivity contribution >= 4 is 5.91 Å². The third-order valence-electron chi connectivity index (χ3n) is 1.46. The van der Waals surface area contributed by atoms with Crippen molar-refractivity contribution in [1.29, 1.82) is 0 Å². The molecule has 0 spiro atoms. The number of amides is 1. The lowest BCUT2D eigenvalue weighted by atomic mass is 10.3. The van der Waals surface area contributed by atoms with Gasteiger partial charge in [-0.05, 0) is 20.8 Å². The fourth-order valence-corrected chi connectivity index (χ4v) is 0.899. The molecule has 64 valence electrons. The number of hydrogen-bond acceptors (Lipinski definition) is 1. The summed E-state index contributed by atoms with van der Waals surface area (Å²) in [7, 11) is 0. The molecule has 2 nitrogen and oxygen atoms in total. The molecule has 0 aromatic heterocycles. The summed E-state index contributed by atoms with van der Waals surface area (Å²) in [6.07, 6.45) is 0. The minimum atomic E-state index is -0.888. The molecule has 0 aromatic carbocycles. The van der Waals surface area contributed by atoms with Gasteiger partial charge < -0.3 is 4.90 Å². The summed E-state index contributed by atoms with van der Waals surface area (Å²) in [5.74, 6) is -1.50. The van der Waals surface area contributed by atoms with E-state index in [-0.39, 0.29) is 6.04 Å². The van der Waals surface area contributed by atoms with Crippen LogP contribution in [-0.2, 0) is 4.79 Å². The molecule has 0 heterocycles. The monoisotopic (exact) mass is 159 g/mol. The van der Waals surface area contributed by atoms with Crippen molar-refractivity contribution in [2.24, 2.45) is 0 Å². The molecule has 0 aromatic rings. The number of carbonyl (C=O) groups is 1. The predicted octanol–water partition coefficient (Wildman–Crippen LogP) is 1.73. The quantitative estimate of drug-likeness (QED) is 0.574. The van der Waals surface area contributed by atoms with Crippen LogP contribution in [0.25, 0.3) is 0 Å². The molecule has 11 heavy (non-hydrogen) atoms. The molecular weight excluding hydrogens is 145 g/mol. The third kappa shape index (κ3) is 2.70. The fourth-order valence-electron chi connectivity index (χ4n) is 0.899. The summed E-state index contributed by atoms with van der Waals surface area (Å²) in [6.45, 7) is 8.94. The normalized spacial score (nSPS) is 9.91. The van der Waals surface area contributed by atoms with Crippen molar-refractivity contribution in [2.75, 3.05) is 6.54 Å². The summed E-state index contributed by atoms with van der Waals surface area (Å²) in [5.41, 5.74) is 0. The fraction of sp³-hybridized carbons (Fsp3) is 0.625. The maximum Gasteiger partial charge on any atom is 0.282 e. The first kappa shape index (κ1) is 10.1. The highest BCUT2D eigenvalue weighted by atomic mass is 19.1. The lowest BCUT2D eigenvalue weighted by molar-refractivity contribution is -0.130. The van der Waals surface area contributed by atoms with Crippen molar-refractivity contribution in [3.8, 4) is 0 Å². The Labute approximate surface area is 66.7 Å². The molecule has 0 radical (unpaired) electrons. The molecule has 0 aliphatic rings. The van der Waals surface area contributed by atoms with Crippen LogP contribution in [0.1, 0.15) is 20.8 Å². The van der Waals surface area contributed by atoms with Crippen LogP contribution in [-0.4, -0.2) is 23.4 Å². The Morgan fingerprint density at radius 1 is 1.64 bits per heavy atom. The Kier molecular flexibility index (Phi) is 3.79. The van der Waals surface area contributed by atoms with Crippen molar-refractivity contribution in [3.05, 3.63) is 12.4 Å². The second kappa shape index (κ2) is 4.11.